The Kier molecular flexibility index (Phi) is 2.85. The third kappa shape index (κ3) is 1.69. The number of nitrogens with one attached hydrogen (secondary N) is 1. The first kappa shape index (κ1) is 10.1. The second kappa shape index (κ2) is 3.96. The summed E-state index contributed by atoms with van der Waals surface area (Å²) in [6.45, 7) is 3.66. The fraction of sp³-hybridized carbons (Fsp3) is 0.700. The Hall–Kier alpha value is -0.450. The minimum atomic E-state index is -0.0306. The van der Waals surface area contributed by atoms with Gasteiger partial charge in [0.2, 0.25) is 0 Å². The molecule has 0 spiro atoms. The Morgan fingerprint density at radius 3 is 3.00 bits per heavy atom. The largest absolute Gasteiger partial charge is 0.379 e. The maximum atomic E-state index is 5.54. The van der Waals surface area contributed by atoms with E-state index in [9.17, 15) is 0 Å². The number of hydrogen-bond donors (Lipinski definition) is 1. The molecule has 1 N–H and O–H groups in total. The molecule has 0 amide bonds. The molecule has 2 heterocycles. The molecule has 1 fully saturated rings. The Morgan fingerprint density at radius 1 is 1.64 bits per heavy atom. The highest BCUT2D eigenvalue weighted by Crippen LogP contribution is 2.31. The van der Waals surface area contributed by atoms with Gasteiger partial charge in [0.05, 0.1) is 12.1 Å². The smallest absolute Gasteiger partial charge is 0.115 e. The van der Waals surface area contributed by atoms with Crippen LogP contribution in [0.2, 0.25) is 0 Å². The number of rotatable bonds is 2. The van der Waals surface area contributed by atoms with Crippen LogP contribution in [0.25, 0.3) is 0 Å². The molecule has 78 valence electrons. The zero-order valence-electron chi connectivity index (χ0n) is 8.67. The molecule has 1 aliphatic heterocycles. The van der Waals surface area contributed by atoms with E-state index in [4.69, 9.17) is 4.74 Å². The zero-order chi connectivity index (χ0) is 10.0. The van der Waals surface area contributed by atoms with Crippen molar-refractivity contribution >= 4 is 11.3 Å². The molecule has 1 aromatic heterocycles. The van der Waals surface area contributed by atoms with Gasteiger partial charge in [-0.25, -0.2) is 4.98 Å². The van der Waals surface area contributed by atoms with Crippen molar-refractivity contribution in [3.63, 3.8) is 0 Å². The Labute approximate surface area is 88.5 Å². The number of nitrogens with zero attached hydrogens (tertiary/aromatic N) is 1. The number of thiazole rings is 1. The number of hydrogen-bond acceptors (Lipinski definition) is 4. The van der Waals surface area contributed by atoms with Gasteiger partial charge in [-0.05, 0) is 26.8 Å². The van der Waals surface area contributed by atoms with Gasteiger partial charge in [0.25, 0.3) is 0 Å². The maximum Gasteiger partial charge on any atom is 0.115 e. The highest BCUT2D eigenvalue weighted by atomic mass is 32.1. The lowest BCUT2D eigenvalue weighted by molar-refractivity contribution is 0.0216. The molecular weight excluding hydrogens is 196 g/mol. The molecule has 0 bridgehead atoms. The van der Waals surface area contributed by atoms with Gasteiger partial charge >= 0.3 is 0 Å². The van der Waals surface area contributed by atoms with Gasteiger partial charge in [-0.3, -0.25) is 0 Å². The number of aromatic nitrogens is 1. The molecule has 4 heteroatoms. The van der Waals surface area contributed by atoms with Gasteiger partial charge in [-0.15, -0.1) is 11.3 Å². The van der Waals surface area contributed by atoms with Crippen molar-refractivity contribution in [2.45, 2.75) is 25.3 Å². The van der Waals surface area contributed by atoms with E-state index < -0.39 is 0 Å². The summed E-state index contributed by atoms with van der Waals surface area (Å²) in [4.78, 5) is 4.55. The van der Waals surface area contributed by atoms with E-state index in [-0.39, 0.29) is 5.54 Å². The summed E-state index contributed by atoms with van der Waals surface area (Å²) in [6, 6.07) is 0. The first-order valence-corrected chi connectivity index (χ1v) is 5.84. The molecule has 1 unspecified atom stereocenters. The van der Waals surface area contributed by atoms with Crippen molar-refractivity contribution in [3.05, 3.63) is 16.1 Å². The van der Waals surface area contributed by atoms with E-state index in [1.807, 2.05) is 14.0 Å². The van der Waals surface area contributed by atoms with Crippen LogP contribution in [0.15, 0.2) is 5.38 Å². The minimum Gasteiger partial charge on any atom is -0.379 e. The summed E-state index contributed by atoms with van der Waals surface area (Å²) in [7, 11) is 1.99. The van der Waals surface area contributed by atoms with Crippen LogP contribution in [-0.4, -0.2) is 25.2 Å². The van der Waals surface area contributed by atoms with Gasteiger partial charge in [0, 0.05) is 17.7 Å². The molecule has 0 aromatic carbocycles. The summed E-state index contributed by atoms with van der Waals surface area (Å²) < 4.78 is 5.54. The summed E-state index contributed by atoms with van der Waals surface area (Å²) in [5, 5.41) is 6.63. The van der Waals surface area contributed by atoms with Crippen LogP contribution in [-0.2, 0) is 10.3 Å². The van der Waals surface area contributed by atoms with E-state index in [0.29, 0.717) is 0 Å². The van der Waals surface area contributed by atoms with Gasteiger partial charge < -0.3 is 10.1 Å². The molecule has 2 rings (SSSR count). The first-order valence-electron chi connectivity index (χ1n) is 4.96. The third-order valence-electron chi connectivity index (χ3n) is 2.75. The van der Waals surface area contributed by atoms with Crippen LogP contribution in [0, 0.1) is 6.92 Å². The van der Waals surface area contributed by atoms with Gasteiger partial charge in [0.15, 0.2) is 0 Å². The van der Waals surface area contributed by atoms with Crippen LogP contribution in [0.4, 0.5) is 0 Å². The van der Waals surface area contributed by atoms with E-state index >= 15 is 0 Å². The van der Waals surface area contributed by atoms with Crippen LogP contribution in [0.5, 0.6) is 0 Å². The SMILES string of the molecule is CNC1(c2nc(C)cs2)CCCOC1. The van der Waals surface area contributed by atoms with Crippen molar-refractivity contribution in [2.75, 3.05) is 20.3 Å². The fourth-order valence-electron chi connectivity index (χ4n) is 1.84. The van der Waals surface area contributed by atoms with Crippen molar-refractivity contribution in [1.82, 2.24) is 10.3 Å². The highest BCUT2D eigenvalue weighted by molar-refractivity contribution is 7.09. The second-order valence-corrected chi connectivity index (χ2v) is 4.64. The zero-order valence-corrected chi connectivity index (χ0v) is 9.49. The summed E-state index contributed by atoms with van der Waals surface area (Å²) >= 11 is 1.73. The van der Waals surface area contributed by atoms with Crippen LogP contribution in [0.3, 0.4) is 0 Å². The van der Waals surface area contributed by atoms with Gasteiger partial charge in [0.1, 0.15) is 5.01 Å². The molecule has 0 radical (unpaired) electrons. The summed E-state index contributed by atoms with van der Waals surface area (Å²) in [5.74, 6) is 0. The summed E-state index contributed by atoms with van der Waals surface area (Å²) in [6.07, 6.45) is 2.23. The lowest BCUT2D eigenvalue weighted by Gasteiger charge is -2.34. The van der Waals surface area contributed by atoms with Gasteiger partial charge in [-0.2, -0.15) is 0 Å². The molecule has 14 heavy (non-hydrogen) atoms. The predicted octanol–water partition coefficient (Wildman–Crippen LogP) is 1.68. The number of aryl methyl sites for hydroxylation is 1. The monoisotopic (exact) mass is 212 g/mol. The third-order valence-corrected chi connectivity index (χ3v) is 3.91. The number of likely N-dealkylation sites (N-methyl/N-ethyl adjacent to an activating group) is 1. The average Bonchev–Trinajstić information content (AvgIpc) is 2.66. The van der Waals surface area contributed by atoms with Crippen molar-refractivity contribution < 1.29 is 4.74 Å². The predicted molar refractivity (Wildman–Crippen MR) is 57.6 cm³/mol. The second-order valence-electron chi connectivity index (χ2n) is 3.78. The minimum absolute atomic E-state index is 0.0306. The lowest BCUT2D eigenvalue weighted by Crippen LogP contribution is -2.46. The molecule has 1 aromatic rings. The molecule has 1 saturated heterocycles. The normalized spacial score (nSPS) is 27.9. The lowest BCUT2D eigenvalue weighted by atomic mass is 9.93. The standard InChI is InChI=1S/C10H16N2OS/c1-8-6-14-9(12-8)10(11-2)4-3-5-13-7-10/h6,11H,3-5,7H2,1-2H3. The quantitative estimate of drug-likeness (QED) is 0.810. The highest BCUT2D eigenvalue weighted by Gasteiger charge is 2.35. The summed E-state index contributed by atoms with van der Waals surface area (Å²) in [5.41, 5.74) is 1.07. The maximum absolute atomic E-state index is 5.54. The average molecular weight is 212 g/mol. The van der Waals surface area contributed by atoms with Crippen LogP contribution in [0.1, 0.15) is 23.5 Å². The van der Waals surface area contributed by atoms with E-state index in [1.165, 1.54) is 0 Å². The molecule has 0 saturated carbocycles. The van der Waals surface area contributed by atoms with E-state index in [0.717, 1.165) is 36.8 Å². The van der Waals surface area contributed by atoms with Crippen molar-refractivity contribution in [1.29, 1.82) is 0 Å². The number of ether oxygens (including phenoxy) is 1. The van der Waals surface area contributed by atoms with Crippen molar-refractivity contribution in [2.24, 2.45) is 0 Å². The molecule has 1 aliphatic rings. The van der Waals surface area contributed by atoms with E-state index in [1.54, 1.807) is 11.3 Å². The topological polar surface area (TPSA) is 34.2 Å². The van der Waals surface area contributed by atoms with Crippen LogP contribution < -0.4 is 5.32 Å². The molecule has 1 atom stereocenters. The Morgan fingerprint density at radius 2 is 2.50 bits per heavy atom. The van der Waals surface area contributed by atoms with Crippen molar-refractivity contribution in [3.8, 4) is 0 Å². The van der Waals surface area contributed by atoms with Gasteiger partial charge in [-0.1, -0.05) is 0 Å². The Balaban J connectivity index is 2.26. The molecule has 3 nitrogen and oxygen atoms in total. The Bertz CT molecular complexity index is 305. The molecular formula is C10H16N2OS. The van der Waals surface area contributed by atoms with Crippen LogP contribution >= 0.6 is 11.3 Å². The first-order chi connectivity index (χ1) is 6.77. The van der Waals surface area contributed by atoms with E-state index in [2.05, 4.69) is 15.7 Å². The molecule has 0 aliphatic carbocycles. The fourth-order valence-corrected chi connectivity index (χ4v) is 2.86.